The van der Waals surface area contributed by atoms with Crippen molar-refractivity contribution in [2.75, 3.05) is 0 Å². The topological polar surface area (TPSA) is 30.2 Å². The number of aryl methyl sites for hydroxylation is 1. The van der Waals surface area contributed by atoms with Gasteiger partial charge in [-0.2, -0.15) is 0 Å². The highest BCUT2D eigenvalue weighted by atomic mass is 16.3. The Balaban J connectivity index is 2.08. The van der Waals surface area contributed by atoms with Gasteiger partial charge in [0.05, 0.1) is 11.8 Å². The molecule has 0 amide bonds. The number of carbonyl (C=O) groups is 1. The van der Waals surface area contributed by atoms with E-state index < -0.39 is 0 Å². The Morgan fingerprint density at radius 1 is 1.50 bits per heavy atom. The van der Waals surface area contributed by atoms with Crippen LogP contribution in [0, 0.1) is 18.8 Å². The van der Waals surface area contributed by atoms with Gasteiger partial charge in [-0.05, 0) is 37.7 Å². The molecule has 1 aromatic rings. The summed E-state index contributed by atoms with van der Waals surface area (Å²) >= 11 is 0. The highest BCUT2D eigenvalue weighted by molar-refractivity contribution is 6.02. The molecular formula is C14H16O2. The van der Waals surface area contributed by atoms with Gasteiger partial charge >= 0.3 is 0 Å². The predicted octanol–water partition coefficient (Wildman–Crippen LogP) is 3.30. The van der Waals surface area contributed by atoms with Crippen LogP contribution in [0.15, 0.2) is 22.8 Å². The molecule has 1 fully saturated rings. The zero-order valence-electron chi connectivity index (χ0n) is 9.58. The summed E-state index contributed by atoms with van der Waals surface area (Å²) < 4.78 is 5.49. The minimum atomic E-state index is 0.0672. The molecule has 2 nitrogen and oxygen atoms in total. The Morgan fingerprint density at radius 2 is 2.31 bits per heavy atom. The quantitative estimate of drug-likeness (QED) is 0.623. The van der Waals surface area contributed by atoms with Crippen molar-refractivity contribution in [3.8, 4) is 0 Å². The number of allylic oxidation sites excluding steroid dienone is 1. The standard InChI is InChI=1S/C14H16O2/c1-8-4-3-5-10-6-11-13(9(2)7-16-11)14(15)12(8)10/h7,10,12H,1,3-6H2,2H3/t10-,12-/m0/s1. The summed E-state index contributed by atoms with van der Waals surface area (Å²) in [5, 5.41) is 0. The molecular weight excluding hydrogens is 200 g/mol. The third-order valence-corrected chi connectivity index (χ3v) is 4.01. The molecule has 0 spiro atoms. The minimum Gasteiger partial charge on any atom is -0.468 e. The number of fused-ring (bicyclic) bond motifs is 2. The first-order valence-corrected chi connectivity index (χ1v) is 5.97. The first kappa shape index (κ1) is 9.88. The highest BCUT2D eigenvalue weighted by Gasteiger charge is 2.41. The van der Waals surface area contributed by atoms with E-state index in [2.05, 4.69) is 6.58 Å². The van der Waals surface area contributed by atoms with Gasteiger partial charge in [-0.15, -0.1) is 0 Å². The van der Waals surface area contributed by atoms with Crippen LogP contribution in [0.4, 0.5) is 0 Å². The van der Waals surface area contributed by atoms with Gasteiger partial charge in [0, 0.05) is 12.3 Å². The zero-order valence-corrected chi connectivity index (χ0v) is 9.58. The van der Waals surface area contributed by atoms with Crippen molar-refractivity contribution in [3.05, 3.63) is 35.3 Å². The number of hydrogen-bond donors (Lipinski definition) is 0. The largest absolute Gasteiger partial charge is 0.468 e. The van der Waals surface area contributed by atoms with E-state index in [0.717, 1.165) is 41.7 Å². The van der Waals surface area contributed by atoms with Crippen molar-refractivity contribution < 1.29 is 9.21 Å². The maximum Gasteiger partial charge on any atom is 0.174 e. The molecule has 16 heavy (non-hydrogen) atoms. The lowest BCUT2D eigenvalue weighted by atomic mass is 9.67. The van der Waals surface area contributed by atoms with Crippen molar-refractivity contribution in [1.29, 1.82) is 0 Å². The lowest BCUT2D eigenvalue weighted by molar-refractivity contribution is 0.0851. The Hall–Kier alpha value is -1.31. The van der Waals surface area contributed by atoms with E-state index >= 15 is 0 Å². The summed E-state index contributed by atoms with van der Waals surface area (Å²) in [5.41, 5.74) is 2.95. The van der Waals surface area contributed by atoms with Crippen LogP contribution in [-0.4, -0.2) is 5.78 Å². The van der Waals surface area contributed by atoms with Crippen molar-refractivity contribution in [2.45, 2.75) is 32.6 Å². The average molecular weight is 216 g/mol. The van der Waals surface area contributed by atoms with Gasteiger partial charge in [0.25, 0.3) is 0 Å². The molecule has 2 aliphatic rings. The van der Waals surface area contributed by atoms with Crippen LogP contribution in [0.5, 0.6) is 0 Å². The number of carbonyl (C=O) groups excluding carboxylic acids is 1. The molecule has 0 N–H and O–H groups in total. The minimum absolute atomic E-state index is 0.0672. The molecule has 0 aromatic carbocycles. The number of ketones is 1. The summed E-state index contributed by atoms with van der Waals surface area (Å²) in [7, 11) is 0. The lowest BCUT2D eigenvalue weighted by Gasteiger charge is -2.35. The van der Waals surface area contributed by atoms with Crippen LogP contribution >= 0.6 is 0 Å². The second kappa shape index (κ2) is 3.34. The fourth-order valence-electron chi connectivity index (χ4n) is 3.24. The highest BCUT2D eigenvalue weighted by Crippen LogP contribution is 2.43. The Bertz CT molecular complexity index is 467. The molecule has 0 radical (unpaired) electrons. The van der Waals surface area contributed by atoms with Gasteiger partial charge in [0.15, 0.2) is 5.78 Å². The van der Waals surface area contributed by atoms with Gasteiger partial charge in [0.2, 0.25) is 0 Å². The molecule has 1 aromatic heterocycles. The smallest absolute Gasteiger partial charge is 0.174 e. The van der Waals surface area contributed by atoms with E-state index in [-0.39, 0.29) is 11.7 Å². The van der Waals surface area contributed by atoms with Crippen LogP contribution < -0.4 is 0 Å². The van der Waals surface area contributed by atoms with Crippen LogP contribution in [-0.2, 0) is 6.42 Å². The number of furan rings is 1. The molecule has 1 heterocycles. The van der Waals surface area contributed by atoms with Crippen LogP contribution in [0.25, 0.3) is 0 Å². The first-order chi connectivity index (χ1) is 7.68. The van der Waals surface area contributed by atoms with Gasteiger partial charge < -0.3 is 4.42 Å². The van der Waals surface area contributed by atoms with Crippen LogP contribution in [0.1, 0.15) is 40.9 Å². The molecule has 2 heteroatoms. The van der Waals surface area contributed by atoms with Crippen molar-refractivity contribution >= 4 is 5.78 Å². The van der Waals surface area contributed by atoms with E-state index in [1.54, 1.807) is 6.26 Å². The maximum absolute atomic E-state index is 12.4. The Kier molecular flexibility index (Phi) is 2.06. The van der Waals surface area contributed by atoms with E-state index in [1.165, 1.54) is 6.42 Å². The van der Waals surface area contributed by atoms with Gasteiger partial charge in [-0.25, -0.2) is 0 Å². The Morgan fingerprint density at radius 3 is 3.12 bits per heavy atom. The van der Waals surface area contributed by atoms with E-state index in [4.69, 9.17) is 4.42 Å². The molecule has 3 rings (SSSR count). The molecule has 0 bridgehead atoms. The maximum atomic E-state index is 12.4. The van der Waals surface area contributed by atoms with Crippen molar-refractivity contribution in [1.82, 2.24) is 0 Å². The third-order valence-electron chi connectivity index (χ3n) is 4.01. The SMILES string of the molecule is C=C1CCC[C@H]2Cc3occ(C)c3C(=O)[C@@H]12. The molecule has 2 aliphatic carbocycles. The fourth-order valence-corrected chi connectivity index (χ4v) is 3.24. The van der Waals surface area contributed by atoms with Crippen molar-refractivity contribution in [2.24, 2.45) is 11.8 Å². The summed E-state index contributed by atoms with van der Waals surface area (Å²) in [5.74, 6) is 1.66. The third kappa shape index (κ3) is 1.22. The zero-order chi connectivity index (χ0) is 11.3. The number of hydrogen-bond acceptors (Lipinski definition) is 2. The fraction of sp³-hybridized carbons (Fsp3) is 0.500. The molecule has 0 saturated heterocycles. The van der Waals surface area contributed by atoms with Gasteiger partial charge in [0.1, 0.15) is 5.76 Å². The van der Waals surface area contributed by atoms with Gasteiger partial charge in [-0.1, -0.05) is 12.2 Å². The normalized spacial score (nSPS) is 28.8. The lowest BCUT2D eigenvalue weighted by Crippen LogP contribution is -2.34. The average Bonchev–Trinajstić information content (AvgIpc) is 2.60. The second-order valence-corrected chi connectivity index (χ2v) is 5.07. The molecule has 84 valence electrons. The molecule has 1 saturated carbocycles. The van der Waals surface area contributed by atoms with E-state index in [0.29, 0.717) is 5.92 Å². The Labute approximate surface area is 95.3 Å². The van der Waals surface area contributed by atoms with Crippen LogP contribution in [0.3, 0.4) is 0 Å². The molecule has 0 aliphatic heterocycles. The van der Waals surface area contributed by atoms with Gasteiger partial charge in [-0.3, -0.25) is 4.79 Å². The summed E-state index contributed by atoms with van der Waals surface area (Å²) in [6, 6.07) is 0. The van der Waals surface area contributed by atoms with E-state index in [9.17, 15) is 4.79 Å². The number of rotatable bonds is 0. The second-order valence-electron chi connectivity index (χ2n) is 5.07. The summed E-state index contributed by atoms with van der Waals surface area (Å²) in [6.45, 7) is 6.03. The molecule has 2 atom stereocenters. The molecule has 0 unspecified atom stereocenters. The predicted molar refractivity (Wildman–Crippen MR) is 61.5 cm³/mol. The number of Topliss-reactive ketones (excluding diaryl/α,β-unsaturated/α-hetero) is 1. The van der Waals surface area contributed by atoms with Crippen molar-refractivity contribution in [3.63, 3.8) is 0 Å². The first-order valence-electron chi connectivity index (χ1n) is 5.97. The van der Waals surface area contributed by atoms with E-state index in [1.807, 2.05) is 6.92 Å². The monoisotopic (exact) mass is 216 g/mol. The van der Waals surface area contributed by atoms with Crippen LogP contribution in [0.2, 0.25) is 0 Å². The summed E-state index contributed by atoms with van der Waals surface area (Å²) in [6.07, 6.45) is 5.94. The summed E-state index contributed by atoms with van der Waals surface area (Å²) in [4.78, 5) is 12.4.